The van der Waals surface area contributed by atoms with Crippen molar-refractivity contribution < 1.29 is 29.3 Å². The minimum atomic E-state index is -1.23. The van der Waals surface area contributed by atoms with E-state index in [1.54, 1.807) is 0 Å². The van der Waals surface area contributed by atoms with Crippen LogP contribution in [0.4, 0.5) is 0 Å². The number of ether oxygens (including phenoxy) is 2. The molecule has 0 aromatic heterocycles. The SMILES string of the molecule is COc1ccc(/C=N\NC(=O)c2ccc([O-])cc2)c(C(=O)O)c1OC. The second kappa shape index (κ2) is 7.82. The van der Waals surface area contributed by atoms with Gasteiger partial charge in [0.15, 0.2) is 11.5 Å². The molecule has 0 fully saturated rings. The van der Waals surface area contributed by atoms with Gasteiger partial charge in [-0.15, -0.1) is 5.75 Å². The van der Waals surface area contributed by atoms with Crippen molar-refractivity contribution in [3.63, 3.8) is 0 Å². The third kappa shape index (κ3) is 4.05. The summed E-state index contributed by atoms with van der Waals surface area (Å²) >= 11 is 0. The highest BCUT2D eigenvalue weighted by molar-refractivity contribution is 6.02. The number of nitrogens with one attached hydrogen (secondary N) is 1. The number of carbonyl (C=O) groups is 2. The smallest absolute Gasteiger partial charge is 0.340 e. The second-order valence-corrected chi connectivity index (χ2v) is 4.79. The van der Waals surface area contributed by atoms with E-state index in [1.807, 2.05) is 0 Å². The first-order valence-corrected chi connectivity index (χ1v) is 7.06. The lowest BCUT2D eigenvalue weighted by Crippen LogP contribution is -2.18. The minimum Gasteiger partial charge on any atom is -0.872 e. The highest BCUT2D eigenvalue weighted by atomic mass is 16.5. The maximum absolute atomic E-state index is 11.9. The molecule has 2 aromatic rings. The molecule has 8 nitrogen and oxygen atoms in total. The summed E-state index contributed by atoms with van der Waals surface area (Å²) in [4.78, 5) is 23.4. The fourth-order valence-corrected chi connectivity index (χ4v) is 2.10. The van der Waals surface area contributed by atoms with Crippen LogP contribution in [-0.4, -0.2) is 37.4 Å². The molecule has 0 heterocycles. The Hall–Kier alpha value is -3.55. The van der Waals surface area contributed by atoms with Gasteiger partial charge in [0.2, 0.25) is 0 Å². The Morgan fingerprint density at radius 1 is 1.12 bits per heavy atom. The van der Waals surface area contributed by atoms with Gasteiger partial charge in [-0.25, -0.2) is 10.2 Å². The molecule has 2 aromatic carbocycles. The first kappa shape index (κ1) is 17.8. The van der Waals surface area contributed by atoms with Crippen molar-refractivity contribution in [3.8, 4) is 17.2 Å². The molecule has 1 amide bonds. The van der Waals surface area contributed by atoms with Gasteiger partial charge in [-0.1, -0.05) is 24.3 Å². The Bertz CT molecular complexity index is 815. The first-order chi connectivity index (χ1) is 12.0. The summed E-state index contributed by atoms with van der Waals surface area (Å²) < 4.78 is 10.2. The molecule has 0 saturated heterocycles. The van der Waals surface area contributed by atoms with Gasteiger partial charge in [0.25, 0.3) is 5.91 Å². The van der Waals surface area contributed by atoms with Crippen LogP contribution in [-0.2, 0) is 0 Å². The Morgan fingerprint density at radius 3 is 2.36 bits per heavy atom. The zero-order chi connectivity index (χ0) is 18.4. The van der Waals surface area contributed by atoms with E-state index in [1.165, 1.54) is 56.8 Å². The molecule has 8 heteroatoms. The van der Waals surface area contributed by atoms with Gasteiger partial charge in [0.05, 0.1) is 20.4 Å². The van der Waals surface area contributed by atoms with Crippen LogP contribution in [0.5, 0.6) is 17.2 Å². The van der Waals surface area contributed by atoms with Gasteiger partial charge in [-0.05, 0) is 12.1 Å². The molecule has 0 aliphatic heterocycles. The number of carbonyl (C=O) groups excluding carboxylic acids is 1. The van der Waals surface area contributed by atoms with E-state index in [-0.39, 0.29) is 33.9 Å². The van der Waals surface area contributed by atoms with Gasteiger partial charge >= 0.3 is 5.97 Å². The van der Waals surface area contributed by atoms with Crippen molar-refractivity contribution in [2.45, 2.75) is 0 Å². The van der Waals surface area contributed by atoms with E-state index < -0.39 is 11.9 Å². The number of nitrogens with zero attached hydrogens (tertiary/aromatic N) is 1. The van der Waals surface area contributed by atoms with Crippen LogP contribution >= 0.6 is 0 Å². The van der Waals surface area contributed by atoms with Gasteiger partial charge in [0.1, 0.15) is 5.56 Å². The molecule has 0 saturated carbocycles. The molecule has 25 heavy (non-hydrogen) atoms. The quantitative estimate of drug-likeness (QED) is 0.601. The van der Waals surface area contributed by atoms with E-state index >= 15 is 0 Å². The monoisotopic (exact) mass is 343 g/mol. The number of methoxy groups -OCH3 is 2. The first-order valence-electron chi connectivity index (χ1n) is 7.06. The fraction of sp³-hybridized carbons (Fsp3) is 0.118. The molecule has 0 radical (unpaired) electrons. The summed E-state index contributed by atoms with van der Waals surface area (Å²) in [6.07, 6.45) is 1.19. The number of rotatable bonds is 6. The van der Waals surface area contributed by atoms with Crippen LogP contribution in [0.3, 0.4) is 0 Å². The topological polar surface area (TPSA) is 120 Å². The Kier molecular flexibility index (Phi) is 5.57. The molecule has 0 atom stereocenters. The molecule has 0 aliphatic carbocycles. The lowest BCUT2D eigenvalue weighted by atomic mass is 10.1. The van der Waals surface area contributed by atoms with Crippen LogP contribution in [0.2, 0.25) is 0 Å². The summed E-state index contributed by atoms with van der Waals surface area (Å²) in [7, 11) is 2.72. The van der Waals surface area contributed by atoms with Gasteiger partial charge in [-0.3, -0.25) is 4.79 Å². The van der Waals surface area contributed by atoms with E-state index in [9.17, 15) is 19.8 Å². The van der Waals surface area contributed by atoms with Crippen LogP contribution in [0.25, 0.3) is 0 Å². The second-order valence-electron chi connectivity index (χ2n) is 4.79. The zero-order valence-electron chi connectivity index (χ0n) is 13.5. The molecular formula is C17H15N2O6-. The number of hydrogen-bond acceptors (Lipinski definition) is 6. The molecule has 130 valence electrons. The largest absolute Gasteiger partial charge is 0.872 e. The number of benzene rings is 2. The summed E-state index contributed by atoms with van der Waals surface area (Å²) in [5, 5.41) is 24.2. The predicted molar refractivity (Wildman–Crippen MR) is 87.5 cm³/mol. The normalized spacial score (nSPS) is 10.5. The molecule has 2 rings (SSSR count). The van der Waals surface area contributed by atoms with Crippen molar-refractivity contribution >= 4 is 18.1 Å². The van der Waals surface area contributed by atoms with Crippen molar-refractivity contribution in [2.24, 2.45) is 5.10 Å². The number of amides is 1. The fourth-order valence-electron chi connectivity index (χ4n) is 2.10. The van der Waals surface area contributed by atoms with E-state index in [0.29, 0.717) is 0 Å². The van der Waals surface area contributed by atoms with Gasteiger partial charge in [-0.2, -0.15) is 5.10 Å². The standard InChI is InChI=1S/C17H16N2O6/c1-24-13-8-5-11(14(17(22)23)15(13)25-2)9-18-19-16(21)10-3-6-12(20)7-4-10/h3-9,20H,1-2H3,(H,19,21)(H,22,23)/p-1/b18-9-. The highest BCUT2D eigenvalue weighted by Gasteiger charge is 2.20. The molecule has 0 aliphatic rings. The van der Waals surface area contributed by atoms with Crippen LogP contribution in [0, 0.1) is 0 Å². The Labute approximate surface area is 143 Å². The molecule has 0 spiro atoms. The Morgan fingerprint density at radius 2 is 1.80 bits per heavy atom. The molecular weight excluding hydrogens is 328 g/mol. The molecule has 2 N–H and O–H groups in total. The van der Waals surface area contributed by atoms with Crippen LogP contribution in [0.1, 0.15) is 26.3 Å². The number of hydrogen-bond donors (Lipinski definition) is 2. The average Bonchev–Trinajstić information content (AvgIpc) is 2.61. The van der Waals surface area contributed by atoms with Gasteiger partial charge < -0.3 is 19.7 Å². The molecule has 0 bridgehead atoms. The lowest BCUT2D eigenvalue weighted by Gasteiger charge is -2.12. The summed E-state index contributed by atoms with van der Waals surface area (Å²) in [6.45, 7) is 0. The average molecular weight is 343 g/mol. The van der Waals surface area contributed by atoms with E-state index in [4.69, 9.17) is 9.47 Å². The molecule has 0 unspecified atom stereocenters. The van der Waals surface area contributed by atoms with Gasteiger partial charge in [0, 0.05) is 11.1 Å². The highest BCUT2D eigenvalue weighted by Crippen LogP contribution is 2.32. The summed E-state index contributed by atoms with van der Waals surface area (Å²) in [5.74, 6) is -1.66. The maximum Gasteiger partial charge on any atom is 0.340 e. The number of aromatic carboxylic acids is 1. The number of carboxylic acid groups (broad SMARTS) is 1. The van der Waals surface area contributed by atoms with Crippen molar-refractivity contribution in [1.82, 2.24) is 5.43 Å². The summed E-state index contributed by atoms with van der Waals surface area (Å²) in [5.41, 5.74) is 2.59. The van der Waals surface area contributed by atoms with Crippen LogP contribution < -0.4 is 20.0 Å². The van der Waals surface area contributed by atoms with E-state index in [0.717, 1.165) is 0 Å². The van der Waals surface area contributed by atoms with Crippen LogP contribution in [0.15, 0.2) is 41.5 Å². The van der Waals surface area contributed by atoms with Crippen molar-refractivity contribution in [1.29, 1.82) is 0 Å². The number of hydrazone groups is 1. The maximum atomic E-state index is 11.9. The zero-order valence-corrected chi connectivity index (χ0v) is 13.5. The van der Waals surface area contributed by atoms with E-state index in [2.05, 4.69) is 10.5 Å². The lowest BCUT2D eigenvalue weighted by molar-refractivity contribution is -0.268. The Balaban J connectivity index is 2.24. The summed E-state index contributed by atoms with van der Waals surface area (Å²) in [6, 6.07) is 8.26. The van der Waals surface area contributed by atoms with Crippen molar-refractivity contribution in [2.75, 3.05) is 14.2 Å². The third-order valence-electron chi connectivity index (χ3n) is 3.28. The van der Waals surface area contributed by atoms with Crippen molar-refractivity contribution in [3.05, 3.63) is 53.1 Å². The third-order valence-corrected chi connectivity index (χ3v) is 3.28. The predicted octanol–water partition coefficient (Wildman–Crippen LogP) is 1.24. The minimum absolute atomic E-state index is 0.0521. The number of carboxylic acids is 1.